The van der Waals surface area contributed by atoms with Crippen molar-refractivity contribution in [1.29, 1.82) is 0 Å². The van der Waals surface area contributed by atoms with Crippen molar-refractivity contribution in [2.45, 2.75) is 34.1 Å². The van der Waals surface area contributed by atoms with E-state index >= 15 is 0 Å². The summed E-state index contributed by atoms with van der Waals surface area (Å²) in [6, 6.07) is 16.9. The topological polar surface area (TPSA) is 67.9 Å². The lowest BCUT2D eigenvalue weighted by atomic mass is 10.1. The summed E-state index contributed by atoms with van der Waals surface area (Å²) in [5.41, 5.74) is 5.37. The summed E-state index contributed by atoms with van der Waals surface area (Å²) in [7, 11) is 0. The van der Waals surface area contributed by atoms with Gasteiger partial charge in [-0.2, -0.15) is 0 Å². The molecule has 1 heterocycles. The van der Waals surface area contributed by atoms with E-state index < -0.39 is 0 Å². The number of carbonyl (C=O) groups is 2. The van der Waals surface area contributed by atoms with Crippen molar-refractivity contribution in [2.75, 3.05) is 23.4 Å². The van der Waals surface area contributed by atoms with E-state index in [2.05, 4.69) is 12.2 Å². The minimum absolute atomic E-state index is 0.199. The quantitative estimate of drug-likeness (QED) is 0.211. The van der Waals surface area contributed by atoms with E-state index in [1.165, 1.54) is 17.3 Å². The number of benzene rings is 3. The van der Waals surface area contributed by atoms with E-state index in [0.29, 0.717) is 32.8 Å². The van der Waals surface area contributed by atoms with Crippen LogP contribution in [0, 0.1) is 13.8 Å². The van der Waals surface area contributed by atoms with Crippen molar-refractivity contribution in [3.63, 3.8) is 0 Å². The van der Waals surface area contributed by atoms with Gasteiger partial charge in [-0.05, 0) is 80.3 Å². The molecule has 0 aromatic heterocycles. The van der Waals surface area contributed by atoms with Crippen LogP contribution in [0.5, 0.6) is 11.5 Å². The maximum atomic E-state index is 13.3. The van der Waals surface area contributed by atoms with Crippen LogP contribution in [-0.4, -0.2) is 29.3 Å². The van der Waals surface area contributed by atoms with E-state index in [1.807, 2.05) is 63.2 Å². The van der Waals surface area contributed by atoms with Crippen LogP contribution in [0.2, 0.25) is 5.02 Å². The summed E-state index contributed by atoms with van der Waals surface area (Å²) in [5, 5.41) is 3.07. The Bertz CT molecular complexity index is 1450. The van der Waals surface area contributed by atoms with Gasteiger partial charge in [0.05, 0.1) is 22.2 Å². The second-order valence-corrected chi connectivity index (χ2v) is 11.0. The number of aryl methyl sites for hydroxylation is 3. The smallest absolute Gasteiger partial charge is 0.270 e. The molecule has 0 unspecified atom stereocenters. The fourth-order valence-corrected chi connectivity index (χ4v) is 5.67. The van der Waals surface area contributed by atoms with Crippen molar-refractivity contribution in [1.82, 2.24) is 0 Å². The lowest BCUT2D eigenvalue weighted by Crippen LogP contribution is -2.28. The largest absolute Gasteiger partial charge is 0.490 e. The molecule has 4 rings (SSSR count). The zero-order chi connectivity index (χ0) is 28.1. The van der Waals surface area contributed by atoms with E-state index in [-0.39, 0.29) is 29.2 Å². The number of nitrogens with one attached hydrogen (secondary N) is 1. The molecule has 1 aliphatic heterocycles. The Morgan fingerprint density at radius 2 is 1.82 bits per heavy atom. The Hall–Kier alpha value is -3.33. The molecule has 1 aliphatic rings. The highest BCUT2D eigenvalue weighted by Crippen LogP contribution is 2.40. The standard InChI is InChI=1S/C30H29ClN2O4S2/c1-5-20-8-10-22(11-9-20)32-27(34)17-37-28-23(31)14-21(15-25(28)36-6-2)16-26-29(35)33(30(38)39-26)24-12-7-18(3)13-19(24)4/h7-16H,5-6,17H2,1-4H3,(H,32,34)/b26-16-. The fraction of sp³-hybridized carbons (Fsp3) is 0.233. The Morgan fingerprint density at radius 3 is 2.49 bits per heavy atom. The monoisotopic (exact) mass is 580 g/mol. The lowest BCUT2D eigenvalue weighted by Gasteiger charge is -2.17. The fourth-order valence-electron chi connectivity index (χ4n) is 4.12. The molecule has 6 nitrogen and oxygen atoms in total. The first-order valence-corrected chi connectivity index (χ1v) is 14.1. The van der Waals surface area contributed by atoms with Crippen LogP contribution >= 0.6 is 35.6 Å². The third kappa shape index (κ3) is 6.82. The van der Waals surface area contributed by atoms with Gasteiger partial charge in [0.2, 0.25) is 0 Å². The molecule has 3 aromatic carbocycles. The van der Waals surface area contributed by atoms with Gasteiger partial charge in [-0.25, -0.2) is 0 Å². The molecule has 202 valence electrons. The number of thiocarbonyl (C=S) groups is 1. The van der Waals surface area contributed by atoms with Crippen LogP contribution in [0.15, 0.2) is 59.5 Å². The molecule has 9 heteroatoms. The number of hydrogen-bond acceptors (Lipinski definition) is 6. The van der Waals surface area contributed by atoms with E-state index in [1.54, 1.807) is 23.1 Å². The average molecular weight is 581 g/mol. The first kappa shape index (κ1) is 28.7. The van der Waals surface area contributed by atoms with Crippen LogP contribution in [0.4, 0.5) is 11.4 Å². The summed E-state index contributed by atoms with van der Waals surface area (Å²) in [6.07, 6.45) is 2.65. The van der Waals surface area contributed by atoms with Crippen LogP contribution in [0.3, 0.4) is 0 Å². The van der Waals surface area contributed by atoms with Gasteiger partial charge >= 0.3 is 0 Å². The maximum Gasteiger partial charge on any atom is 0.270 e. The Morgan fingerprint density at radius 1 is 1.08 bits per heavy atom. The van der Waals surface area contributed by atoms with Crippen molar-refractivity contribution in [3.8, 4) is 11.5 Å². The van der Waals surface area contributed by atoms with E-state index in [4.69, 9.17) is 33.3 Å². The predicted octanol–water partition coefficient (Wildman–Crippen LogP) is 7.34. The summed E-state index contributed by atoms with van der Waals surface area (Å²) in [5.74, 6) is 0.114. The highest BCUT2D eigenvalue weighted by atomic mass is 35.5. The molecular formula is C30H29ClN2O4S2. The molecule has 3 aromatic rings. The molecule has 39 heavy (non-hydrogen) atoms. The molecule has 0 atom stereocenters. The number of halogens is 1. The molecule has 1 saturated heterocycles. The third-order valence-corrected chi connectivity index (χ3v) is 7.59. The number of carbonyl (C=O) groups excluding carboxylic acids is 2. The molecule has 2 amide bonds. The lowest BCUT2D eigenvalue weighted by molar-refractivity contribution is -0.118. The van der Waals surface area contributed by atoms with Gasteiger partial charge in [-0.1, -0.05) is 72.3 Å². The number of amides is 2. The van der Waals surface area contributed by atoms with Crippen molar-refractivity contribution in [3.05, 3.63) is 86.8 Å². The molecule has 0 radical (unpaired) electrons. The van der Waals surface area contributed by atoms with Gasteiger partial charge in [0.1, 0.15) is 0 Å². The third-order valence-electron chi connectivity index (χ3n) is 6.01. The number of anilines is 2. The number of nitrogens with zero attached hydrogens (tertiary/aromatic N) is 1. The van der Waals surface area contributed by atoms with Crippen molar-refractivity contribution in [2.24, 2.45) is 0 Å². The molecular weight excluding hydrogens is 552 g/mol. The molecule has 1 N–H and O–H groups in total. The number of rotatable bonds is 9. The van der Waals surface area contributed by atoms with E-state index in [0.717, 1.165) is 23.2 Å². The van der Waals surface area contributed by atoms with Crippen LogP contribution in [0.1, 0.15) is 36.1 Å². The zero-order valence-electron chi connectivity index (χ0n) is 22.2. The van der Waals surface area contributed by atoms with Crippen molar-refractivity contribution < 1.29 is 19.1 Å². The Balaban J connectivity index is 1.51. The maximum absolute atomic E-state index is 13.3. The number of hydrogen-bond donors (Lipinski definition) is 1. The highest BCUT2D eigenvalue weighted by Gasteiger charge is 2.34. The molecule has 0 saturated carbocycles. The Kier molecular flexibility index (Phi) is 9.32. The van der Waals surface area contributed by atoms with Crippen LogP contribution < -0.4 is 19.7 Å². The van der Waals surface area contributed by atoms with Crippen molar-refractivity contribution >= 4 is 69.2 Å². The summed E-state index contributed by atoms with van der Waals surface area (Å²) in [6.45, 7) is 7.99. The molecule has 1 fully saturated rings. The Labute approximate surface area is 243 Å². The van der Waals surface area contributed by atoms with Gasteiger partial charge in [0.25, 0.3) is 11.8 Å². The summed E-state index contributed by atoms with van der Waals surface area (Å²) >= 11 is 13.3. The first-order valence-electron chi connectivity index (χ1n) is 12.5. The first-order chi connectivity index (χ1) is 18.7. The highest BCUT2D eigenvalue weighted by molar-refractivity contribution is 8.27. The van der Waals surface area contributed by atoms with Gasteiger partial charge in [0, 0.05) is 5.69 Å². The molecule has 0 aliphatic carbocycles. The van der Waals surface area contributed by atoms with Gasteiger partial charge < -0.3 is 14.8 Å². The van der Waals surface area contributed by atoms with Gasteiger partial charge in [-0.15, -0.1) is 0 Å². The minimum atomic E-state index is -0.322. The van der Waals surface area contributed by atoms with Crippen LogP contribution in [0.25, 0.3) is 6.08 Å². The van der Waals surface area contributed by atoms with Gasteiger partial charge in [0.15, 0.2) is 22.4 Å². The second-order valence-electron chi connectivity index (χ2n) is 8.96. The normalized spacial score (nSPS) is 14.2. The SMILES string of the molecule is CCOc1cc(/C=C2\SC(=S)N(c3ccc(C)cc3C)C2=O)cc(Cl)c1OCC(=O)Nc1ccc(CC)cc1. The minimum Gasteiger partial charge on any atom is -0.490 e. The predicted molar refractivity (Wildman–Crippen MR) is 164 cm³/mol. The zero-order valence-corrected chi connectivity index (χ0v) is 24.6. The molecule has 0 spiro atoms. The average Bonchev–Trinajstić information content (AvgIpc) is 3.16. The summed E-state index contributed by atoms with van der Waals surface area (Å²) in [4.78, 5) is 27.8. The molecule has 0 bridgehead atoms. The van der Waals surface area contributed by atoms with Crippen LogP contribution in [-0.2, 0) is 16.0 Å². The second kappa shape index (κ2) is 12.7. The number of ether oxygens (including phenoxy) is 2. The van der Waals surface area contributed by atoms with Gasteiger partial charge in [-0.3, -0.25) is 14.5 Å². The van der Waals surface area contributed by atoms with E-state index in [9.17, 15) is 9.59 Å². The summed E-state index contributed by atoms with van der Waals surface area (Å²) < 4.78 is 12.0. The number of thioether (sulfide) groups is 1.